The van der Waals surface area contributed by atoms with Gasteiger partial charge in [-0.25, -0.2) is 0 Å². The van der Waals surface area contributed by atoms with Crippen LogP contribution in [0.2, 0.25) is 0 Å². The molecule has 2 heteroatoms. The van der Waals surface area contributed by atoms with Crippen LogP contribution < -0.4 is 10.1 Å². The summed E-state index contributed by atoms with van der Waals surface area (Å²) < 4.78 is 5.83. The lowest BCUT2D eigenvalue weighted by Gasteiger charge is -2.23. The van der Waals surface area contributed by atoms with Crippen molar-refractivity contribution in [3.63, 3.8) is 0 Å². The van der Waals surface area contributed by atoms with Gasteiger partial charge in [0.15, 0.2) is 0 Å². The van der Waals surface area contributed by atoms with Crippen LogP contribution in [-0.4, -0.2) is 18.7 Å². The second kappa shape index (κ2) is 6.95. The zero-order chi connectivity index (χ0) is 14.5. The van der Waals surface area contributed by atoms with Crippen LogP contribution in [0.5, 0.6) is 5.75 Å². The predicted molar refractivity (Wildman–Crippen MR) is 82.9 cm³/mol. The van der Waals surface area contributed by atoms with Gasteiger partial charge < -0.3 is 10.1 Å². The van der Waals surface area contributed by atoms with Crippen LogP contribution in [0.3, 0.4) is 0 Å². The van der Waals surface area contributed by atoms with Gasteiger partial charge >= 0.3 is 0 Å². The number of rotatable bonds is 6. The fraction of sp³-hybridized carbons (Fsp3) is 0.647. The molecule has 0 radical (unpaired) electrons. The van der Waals surface area contributed by atoms with E-state index in [1.54, 1.807) is 0 Å². The van der Waals surface area contributed by atoms with E-state index in [4.69, 9.17) is 4.74 Å². The summed E-state index contributed by atoms with van der Waals surface area (Å²) in [7, 11) is 0. The molecule has 0 saturated heterocycles. The maximum atomic E-state index is 5.83. The smallest absolute Gasteiger partial charge is 0.119 e. The standard InChI is InChI=1S/C17H29NO/c1-13(2)15-7-9-16(10-8-15)19-12-14(3)11-18-17(4,5)6/h7-10,13-14,18H,11-12H2,1-6H3. The third kappa shape index (κ3) is 6.63. The van der Waals surface area contributed by atoms with E-state index in [-0.39, 0.29) is 5.54 Å². The van der Waals surface area contributed by atoms with Crippen molar-refractivity contribution in [2.24, 2.45) is 5.92 Å². The molecule has 19 heavy (non-hydrogen) atoms. The highest BCUT2D eigenvalue weighted by Crippen LogP contribution is 2.19. The van der Waals surface area contributed by atoms with Gasteiger partial charge in [0.05, 0.1) is 6.61 Å². The lowest BCUT2D eigenvalue weighted by molar-refractivity contribution is 0.244. The van der Waals surface area contributed by atoms with E-state index in [9.17, 15) is 0 Å². The van der Waals surface area contributed by atoms with Crippen LogP contribution in [0.25, 0.3) is 0 Å². The number of nitrogens with one attached hydrogen (secondary N) is 1. The molecule has 0 amide bonds. The Bertz CT molecular complexity index is 362. The summed E-state index contributed by atoms with van der Waals surface area (Å²) in [5.41, 5.74) is 1.53. The minimum absolute atomic E-state index is 0.174. The lowest BCUT2D eigenvalue weighted by Crippen LogP contribution is -2.39. The number of ether oxygens (including phenoxy) is 1. The molecule has 0 spiro atoms. The number of hydrogen-bond acceptors (Lipinski definition) is 2. The van der Waals surface area contributed by atoms with Crippen molar-refractivity contribution in [2.75, 3.05) is 13.2 Å². The van der Waals surface area contributed by atoms with Crippen molar-refractivity contribution < 1.29 is 4.74 Å². The van der Waals surface area contributed by atoms with Gasteiger partial charge in [-0.3, -0.25) is 0 Å². The Labute approximate surface area is 118 Å². The van der Waals surface area contributed by atoms with Gasteiger partial charge in [-0.1, -0.05) is 32.9 Å². The third-order valence-electron chi connectivity index (χ3n) is 3.06. The first-order chi connectivity index (χ1) is 8.78. The Morgan fingerprint density at radius 1 is 1.05 bits per heavy atom. The highest BCUT2D eigenvalue weighted by atomic mass is 16.5. The second-order valence-corrected chi connectivity index (χ2v) is 6.77. The number of benzene rings is 1. The average Bonchev–Trinajstić information content (AvgIpc) is 2.33. The molecule has 108 valence electrons. The minimum Gasteiger partial charge on any atom is -0.493 e. The molecular formula is C17H29NO. The summed E-state index contributed by atoms with van der Waals surface area (Å²) in [6.45, 7) is 14.9. The summed E-state index contributed by atoms with van der Waals surface area (Å²) >= 11 is 0. The monoisotopic (exact) mass is 263 g/mol. The van der Waals surface area contributed by atoms with Crippen LogP contribution >= 0.6 is 0 Å². The van der Waals surface area contributed by atoms with E-state index in [0.717, 1.165) is 18.9 Å². The van der Waals surface area contributed by atoms with Gasteiger partial charge in [0.2, 0.25) is 0 Å². The molecule has 1 aromatic rings. The van der Waals surface area contributed by atoms with Crippen LogP contribution in [-0.2, 0) is 0 Å². The normalized spacial score (nSPS) is 13.6. The maximum Gasteiger partial charge on any atom is 0.119 e. The van der Waals surface area contributed by atoms with E-state index >= 15 is 0 Å². The number of hydrogen-bond donors (Lipinski definition) is 1. The van der Waals surface area contributed by atoms with Crippen molar-refractivity contribution in [1.29, 1.82) is 0 Å². The zero-order valence-corrected chi connectivity index (χ0v) is 13.3. The second-order valence-electron chi connectivity index (χ2n) is 6.77. The molecule has 1 unspecified atom stereocenters. The van der Waals surface area contributed by atoms with E-state index in [1.165, 1.54) is 5.56 Å². The first kappa shape index (κ1) is 16.0. The van der Waals surface area contributed by atoms with Crippen LogP contribution in [0.15, 0.2) is 24.3 Å². The van der Waals surface area contributed by atoms with E-state index in [2.05, 4.69) is 71.1 Å². The maximum absolute atomic E-state index is 5.83. The summed E-state index contributed by atoms with van der Waals surface area (Å²) in [4.78, 5) is 0. The lowest BCUT2D eigenvalue weighted by atomic mass is 10.0. The minimum atomic E-state index is 0.174. The molecule has 0 aromatic heterocycles. The van der Waals surface area contributed by atoms with Gasteiger partial charge in [-0.15, -0.1) is 0 Å². The van der Waals surface area contributed by atoms with Crippen molar-refractivity contribution in [2.45, 2.75) is 53.0 Å². The van der Waals surface area contributed by atoms with Gasteiger partial charge in [0.1, 0.15) is 5.75 Å². The molecule has 0 aliphatic rings. The van der Waals surface area contributed by atoms with Crippen LogP contribution in [0.4, 0.5) is 0 Å². The molecular weight excluding hydrogens is 234 g/mol. The average molecular weight is 263 g/mol. The van der Waals surface area contributed by atoms with E-state index in [1.807, 2.05) is 0 Å². The van der Waals surface area contributed by atoms with Crippen molar-refractivity contribution in [3.05, 3.63) is 29.8 Å². The van der Waals surface area contributed by atoms with E-state index < -0.39 is 0 Å². The Morgan fingerprint density at radius 3 is 2.11 bits per heavy atom. The zero-order valence-electron chi connectivity index (χ0n) is 13.3. The summed E-state index contributed by atoms with van der Waals surface area (Å²) in [6, 6.07) is 8.44. The molecule has 0 aliphatic carbocycles. The van der Waals surface area contributed by atoms with Gasteiger partial charge in [-0.2, -0.15) is 0 Å². The Morgan fingerprint density at radius 2 is 1.63 bits per heavy atom. The Kier molecular flexibility index (Phi) is 5.86. The largest absolute Gasteiger partial charge is 0.493 e. The summed E-state index contributed by atoms with van der Waals surface area (Å²) in [6.07, 6.45) is 0. The fourth-order valence-electron chi connectivity index (χ4n) is 1.73. The van der Waals surface area contributed by atoms with Crippen molar-refractivity contribution in [1.82, 2.24) is 5.32 Å². The third-order valence-corrected chi connectivity index (χ3v) is 3.06. The SMILES string of the molecule is CC(CNC(C)(C)C)COc1ccc(C(C)C)cc1. The molecule has 0 heterocycles. The van der Waals surface area contributed by atoms with Crippen LogP contribution in [0.1, 0.15) is 53.0 Å². The fourth-order valence-corrected chi connectivity index (χ4v) is 1.73. The Hall–Kier alpha value is -1.02. The van der Waals surface area contributed by atoms with E-state index in [0.29, 0.717) is 11.8 Å². The molecule has 0 saturated carbocycles. The molecule has 1 rings (SSSR count). The molecule has 1 N–H and O–H groups in total. The predicted octanol–water partition coefficient (Wildman–Crippen LogP) is 4.21. The topological polar surface area (TPSA) is 21.3 Å². The molecule has 1 aromatic carbocycles. The van der Waals surface area contributed by atoms with Gasteiger partial charge in [0.25, 0.3) is 0 Å². The van der Waals surface area contributed by atoms with Crippen molar-refractivity contribution in [3.8, 4) is 5.75 Å². The first-order valence-corrected chi connectivity index (χ1v) is 7.25. The molecule has 0 fully saturated rings. The highest BCUT2D eigenvalue weighted by Gasteiger charge is 2.11. The quantitative estimate of drug-likeness (QED) is 0.830. The molecule has 0 aliphatic heterocycles. The van der Waals surface area contributed by atoms with Gasteiger partial charge in [0, 0.05) is 18.0 Å². The summed E-state index contributed by atoms with van der Waals surface area (Å²) in [5.74, 6) is 2.04. The van der Waals surface area contributed by atoms with Crippen LogP contribution in [0, 0.1) is 5.92 Å². The van der Waals surface area contributed by atoms with Gasteiger partial charge in [-0.05, 0) is 44.4 Å². The molecule has 1 atom stereocenters. The molecule has 0 bridgehead atoms. The Balaban J connectivity index is 2.35. The first-order valence-electron chi connectivity index (χ1n) is 7.25. The summed E-state index contributed by atoms with van der Waals surface area (Å²) in [5, 5.41) is 3.50. The highest BCUT2D eigenvalue weighted by molar-refractivity contribution is 5.28. The van der Waals surface area contributed by atoms with Crippen molar-refractivity contribution >= 4 is 0 Å². The molecule has 2 nitrogen and oxygen atoms in total.